The first-order valence-electron chi connectivity index (χ1n) is 7.87. The quantitative estimate of drug-likeness (QED) is 0.438. The molecular formula is C17H27N3O. The van der Waals surface area contributed by atoms with Crippen molar-refractivity contribution >= 4 is 5.96 Å². The summed E-state index contributed by atoms with van der Waals surface area (Å²) in [5, 5.41) is 6.68. The van der Waals surface area contributed by atoms with Gasteiger partial charge in [-0.25, -0.2) is 0 Å². The molecule has 2 rings (SSSR count). The van der Waals surface area contributed by atoms with Crippen LogP contribution in [-0.4, -0.2) is 39.3 Å². The molecule has 0 aliphatic heterocycles. The topological polar surface area (TPSA) is 45.7 Å². The Kier molecular flexibility index (Phi) is 6.05. The van der Waals surface area contributed by atoms with E-state index in [1.54, 1.807) is 7.11 Å². The van der Waals surface area contributed by atoms with Crippen LogP contribution in [0.2, 0.25) is 0 Å². The molecule has 0 amide bonds. The maximum atomic E-state index is 5.07. The molecule has 0 radical (unpaired) electrons. The van der Waals surface area contributed by atoms with Gasteiger partial charge in [0.15, 0.2) is 5.96 Å². The Hall–Kier alpha value is -1.55. The van der Waals surface area contributed by atoms with Crippen LogP contribution >= 0.6 is 0 Å². The Morgan fingerprint density at radius 2 is 2.00 bits per heavy atom. The lowest BCUT2D eigenvalue weighted by Gasteiger charge is -2.16. The molecule has 4 nitrogen and oxygen atoms in total. The summed E-state index contributed by atoms with van der Waals surface area (Å²) in [7, 11) is 1.73. The van der Waals surface area contributed by atoms with Gasteiger partial charge in [0.05, 0.1) is 6.54 Å². The largest absolute Gasteiger partial charge is 0.385 e. The lowest BCUT2D eigenvalue weighted by atomic mass is 9.96. The molecule has 1 saturated carbocycles. The van der Waals surface area contributed by atoms with E-state index in [9.17, 15) is 0 Å². The van der Waals surface area contributed by atoms with E-state index in [2.05, 4.69) is 47.9 Å². The Morgan fingerprint density at radius 3 is 2.62 bits per heavy atom. The number of nitrogens with zero attached hydrogens (tertiary/aromatic N) is 1. The van der Waals surface area contributed by atoms with Gasteiger partial charge < -0.3 is 15.4 Å². The van der Waals surface area contributed by atoms with Crippen LogP contribution in [0.5, 0.6) is 0 Å². The number of aliphatic imine (C=N–C) groups is 1. The molecular weight excluding hydrogens is 262 g/mol. The predicted molar refractivity (Wildman–Crippen MR) is 87.8 cm³/mol. The van der Waals surface area contributed by atoms with Gasteiger partial charge in [0.2, 0.25) is 0 Å². The maximum Gasteiger partial charge on any atom is 0.191 e. The molecule has 0 aromatic heterocycles. The molecule has 1 aliphatic rings. The van der Waals surface area contributed by atoms with Crippen molar-refractivity contribution in [1.29, 1.82) is 0 Å². The van der Waals surface area contributed by atoms with Crippen molar-refractivity contribution in [1.82, 2.24) is 10.6 Å². The van der Waals surface area contributed by atoms with Gasteiger partial charge in [-0.05, 0) is 31.7 Å². The third-order valence-corrected chi connectivity index (χ3v) is 3.94. The van der Waals surface area contributed by atoms with E-state index in [0.29, 0.717) is 0 Å². The first-order chi connectivity index (χ1) is 10.3. The highest BCUT2D eigenvalue weighted by molar-refractivity contribution is 5.79. The average molecular weight is 289 g/mol. The van der Waals surface area contributed by atoms with E-state index in [1.165, 1.54) is 18.4 Å². The van der Waals surface area contributed by atoms with E-state index in [-0.39, 0.29) is 5.41 Å². The van der Waals surface area contributed by atoms with Crippen LogP contribution < -0.4 is 10.6 Å². The van der Waals surface area contributed by atoms with E-state index in [0.717, 1.165) is 38.6 Å². The normalized spacial score (nSPS) is 16.6. The molecule has 0 spiro atoms. The van der Waals surface area contributed by atoms with Crippen LogP contribution in [0.1, 0.15) is 31.7 Å². The fraction of sp³-hybridized carbons (Fsp3) is 0.588. The second-order valence-corrected chi connectivity index (χ2v) is 5.61. The van der Waals surface area contributed by atoms with Crippen LogP contribution in [0, 0.1) is 0 Å². The number of hydrogen-bond donors (Lipinski definition) is 2. The number of benzene rings is 1. The van der Waals surface area contributed by atoms with E-state index >= 15 is 0 Å². The summed E-state index contributed by atoms with van der Waals surface area (Å²) in [5.74, 6) is 0.913. The molecule has 0 bridgehead atoms. The second-order valence-electron chi connectivity index (χ2n) is 5.61. The van der Waals surface area contributed by atoms with Crippen molar-refractivity contribution in [2.75, 3.05) is 33.4 Å². The number of ether oxygens (including phenoxy) is 1. The first kappa shape index (κ1) is 15.8. The molecule has 116 valence electrons. The van der Waals surface area contributed by atoms with Gasteiger partial charge >= 0.3 is 0 Å². The smallest absolute Gasteiger partial charge is 0.191 e. The van der Waals surface area contributed by atoms with E-state index in [1.807, 2.05) is 0 Å². The standard InChI is InChI=1S/C17H27N3O/c1-3-18-16(19-12-7-13-21-2)20-14-17(10-11-17)15-8-5-4-6-9-15/h4-6,8-9H,3,7,10-14H2,1-2H3,(H2,18,19,20). The predicted octanol–water partition coefficient (Wildman–Crippen LogP) is 2.31. The lowest BCUT2D eigenvalue weighted by Crippen LogP contribution is -2.38. The maximum absolute atomic E-state index is 5.07. The molecule has 0 saturated heterocycles. The van der Waals surface area contributed by atoms with Crippen molar-refractivity contribution in [3.05, 3.63) is 35.9 Å². The molecule has 1 aromatic carbocycles. The van der Waals surface area contributed by atoms with Crippen molar-refractivity contribution in [2.45, 2.75) is 31.6 Å². The molecule has 1 aliphatic carbocycles. The lowest BCUT2D eigenvalue weighted by molar-refractivity contribution is 0.195. The van der Waals surface area contributed by atoms with Gasteiger partial charge in [-0.2, -0.15) is 0 Å². The zero-order valence-electron chi connectivity index (χ0n) is 13.2. The zero-order chi connectivity index (χ0) is 15.0. The monoisotopic (exact) mass is 289 g/mol. The van der Waals surface area contributed by atoms with Gasteiger partial charge in [0, 0.05) is 32.2 Å². The van der Waals surface area contributed by atoms with Crippen LogP contribution in [-0.2, 0) is 10.2 Å². The Balaban J connectivity index is 1.90. The van der Waals surface area contributed by atoms with Crippen LogP contribution in [0.3, 0.4) is 0 Å². The first-order valence-corrected chi connectivity index (χ1v) is 7.87. The third kappa shape index (κ3) is 4.74. The fourth-order valence-corrected chi connectivity index (χ4v) is 2.48. The molecule has 21 heavy (non-hydrogen) atoms. The fourth-order valence-electron chi connectivity index (χ4n) is 2.48. The molecule has 0 atom stereocenters. The van der Waals surface area contributed by atoms with Crippen molar-refractivity contribution in [2.24, 2.45) is 4.99 Å². The van der Waals surface area contributed by atoms with Gasteiger partial charge in [-0.3, -0.25) is 4.99 Å². The zero-order valence-corrected chi connectivity index (χ0v) is 13.2. The number of methoxy groups -OCH3 is 1. The van der Waals surface area contributed by atoms with Gasteiger partial charge in [0.25, 0.3) is 0 Å². The Bertz CT molecular complexity index is 441. The van der Waals surface area contributed by atoms with Crippen molar-refractivity contribution in [3.63, 3.8) is 0 Å². The summed E-state index contributed by atoms with van der Waals surface area (Å²) in [6.45, 7) is 5.50. The number of hydrogen-bond acceptors (Lipinski definition) is 2. The third-order valence-electron chi connectivity index (χ3n) is 3.94. The highest BCUT2D eigenvalue weighted by Gasteiger charge is 2.43. The Morgan fingerprint density at radius 1 is 1.24 bits per heavy atom. The Labute approximate surface area is 128 Å². The minimum atomic E-state index is 0.274. The SMILES string of the molecule is CCNC(=NCC1(c2ccccc2)CC1)NCCCOC. The molecule has 2 N–H and O–H groups in total. The molecule has 0 unspecified atom stereocenters. The van der Waals surface area contributed by atoms with E-state index in [4.69, 9.17) is 9.73 Å². The highest BCUT2D eigenvalue weighted by atomic mass is 16.5. The summed E-state index contributed by atoms with van der Waals surface area (Å²) >= 11 is 0. The number of guanidine groups is 1. The highest BCUT2D eigenvalue weighted by Crippen LogP contribution is 2.48. The van der Waals surface area contributed by atoms with Crippen molar-refractivity contribution < 1.29 is 4.74 Å². The summed E-state index contributed by atoms with van der Waals surface area (Å²) in [6.07, 6.45) is 3.47. The molecule has 1 aromatic rings. The van der Waals surface area contributed by atoms with Crippen LogP contribution in [0.25, 0.3) is 0 Å². The molecule has 0 heterocycles. The summed E-state index contributed by atoms with van der Waals surface area (Å²) in [4.78, 5) is 4.78. The minimum Gasteiger partial charge on any atom is -0.385 e. The van der Waals surface area contributed by atoms with E-state index < -0.39 is 0 Å². The van der Waals surface area contributed by atoms with Gasteiger partial charge in [-0.1, -0.05) is 30.3 Å². The van der Waals surface area contributed by atoms with Crippen LogP contribution in [0.4, 0.5) is 0 Å². The summed E-state index contributed by atoms with van der Waals surface area (Å²) in [5.41, 5.74) is 1.69. The number of nitrogens with one attached hydrogen (secondary N) is 2. The average Bonchev–Trinajstić information content (AvgIpc) is 3.31. The second kappa shape index (κ2) is 8.03. The minimum absolute atomic E-state index is 0.274. The summed E-state index contributed by atoms with van der Waals surface area (Å²) < 4.78 is 5.07. The molecule has 4 heteroatoms. The number of rotatable bonds is 8. The van der Waals surface area contributed by atoms with Gasteiger partial charge in [0.1, 0.15) is 0 Å². The van der Waals surface area contributed by atoms with Crippen LogP contribution in [0.15, 0.2) is 35.3 Å². The van der Waals surface area contributed by atoms with Gasteiger partial charge in [-0.15, -0.1) is 0 Å². The molecule has 1 fully saturated rings. The summed E-state index contributed by atoms with van der Waals surface area (Å²) in [6, 6.07) is 10.8. The van der Waals surface area contributed by atoms with Crippen molar-refractivity contribution in [3.8, 4) is 0 Å².